The summed E-state index contributed by atoms with van der Waals surface area (Å²) in [6.07, 6.45) is 17.0. The van der Waals surface area contributed by atoms with Gasteiger partial charge in [-0.1, -0.05) is 101 Å². The van der Waals surface area contributed by atoms with Gasteiger partial charge in [-0.15, -0.1) is 24.0 Å². The van der Waals surface area contributed by atoms with E-state index in [1.54, 1.807) is 24.3 Å². The number of hydrogen-bond acceptors (Lipinski definition) is 15. The molecule has 9 atom stereocenters. The second kappa shape index (κ2) is 44.4. The number of hydrogen-bond donors (Lipinski definition) is 11. The van der Waals surface area contributed by atoms with Crippen LogP contribution >= 0.6 is 24.0 Å². The van der Waals surface area contributed by atoms with Crippen LogP contribution in [-0.2, 0) is 62.5 Å². The van der Waals surface area contributed by atoms with Gasteiger partial charge in [0.15, 0.2) is 9.84 Å². The summed E-state index contributed by atoms with van der Waals surface area (Å²) in [5.41, 5.74) is 6.81. The molecule has 1 heterocycles. The zero-order valence-electron chi connectivity index (χ0n) is 42.9. The zero-order valence-corrected chi connectivity index (χ0v) is 48.1. The van der Waals surface area contributed by atoms with Crippen LogP contribution in [0.3, 0.4) is 0 Å². The van der Waals surface area contributed by atoms with Crippen molar-refractivity contribution >= 4 is 94.0 Å². The average molecular weight is 1240 g/mol. The number of benzene rings is 1. The van der Waals surface area contributed by atoms with Crippen LogP contribution < -0.4 is 63.3 Å². The smallest absolute Gasteiger partial charge is 1.00 e. The molecule has 6 rings (SSSR count). The van der Waals surface area contributed by atoms with Crippen molar-refractivity contribution in [1.29, 1.82) is 0 Å². The quantitative estimate of drug-likeness (QED) is 0.0356. The second-order valence-corrected chi connectivity index (χ2v) is 19.1. The van der Waals surface area contributed by atoms with Crippen LogP contribution in [0.15, 0.2) is 67.0 Å². The van der Waals surface area contributed by atoms with E-state index in [2.05, 4.69) is 4.74 Å². The molecule has 27 heteroatoms. The topological polar surface area (TPSA) is 457 Å². The molecule has 1 aromatic carbocycles. The number of rotatable bonds is 12. The third kappa shape index (κ3) is 34.2. The summed E-state index contributed by atoms with van der Waals surface area (Å²) in [5.74, 6) is -14.1. The molecule has 1 aromatic rings. The van der Waals surface area contributed by atoms with Crippen molar-refractivity contribution in [1.82, 2.24) is 6.15 Å². The Morgan fingerprint density at radius 1 is 0.539 bits per heavy atom. The molecule has 0 unspecified atom stereocenters. The summed E-state index contributed by atoms with van der Waals surface area (Å²) >= 11 is 0. The Morgan fingerprint density at radius 3 is 0.974 bits per heavy atom. The molecule has 428 valence electrons. The van der Waals surface area contributed by atoms with E-state index in [-0.39, 0.29) is 114 Å². The minimum Gasteiger partial charge on any atom is -1.00 e. The van der Waals surface area contributed by atoms with Crippen LogP contribution in [0.2, 0.25) is 0 Å². The Labute approximate surface area is 503 Å². The fourth-order valence-electron chi connectivity index (χ4n) is 7.91. The molecular weight excluding hydrogens is 1170 g/mol. The van der Waals surface area contributed by atoms with Crippen molar-refractivity contribution in [3.8, 4) is 0 Å². The monoisotopic (exact) mass is 1240 g/mol. The van der Waals surface area contributed by atoms with E-state index in [0.717, 1.165) is 44.8 Å². The molecule has 5 aliphatic rings. The number of halogens is 1. The third-order valence-corrected chi connectivity index (χ3v) is 13.2. The summed E-state index contributed by atoms with van der Waals surface area (Å²) in [5, 5.41) is 77.3. The van der Waals surface area contributed by atoms with Crippen molar-refractivity contribution in [2.75, 3.05) is 11.5 Å². The second-order valence-electron chi connectivity index (χ2n) is 17.0. The molecule has 24 nitrogen and oxygen atoms in total. The van der Waals surface area contributed by atoms with Gasteiger partial charge >= 0.3 is 105 Å². The Morgan fingerprint density at radius 2 is 0.803 bits per heavy atom. The molecule has 0 bridgehead atoms. The first kappa shape index (κ1) is 80.2. The van der Waals surface area contributed by atoms with E-state index in [0.29, 0.717) is 57.4 Å². The number of nitrogens with two attached hydrogens (primary N) is 1. The number of carbonyl (C=O) groups is 10. The summed E-state index contributed by atoms with van der Waals surface area (Å²) in [6, 6.07) is 10.2. The third-order valence-electron chi connectivity index (χ3n) is 11.8. The van der Waals surface area contributed by atoms with E-state index in [1.165, 1.54) is 5.56 Å². The van der Waals surface area contributed by atoms with Gasteiger partial charge in [-0.3, -0.25) is 43.2 Å². The van der Waals surface area contributed by atoms with E-state index in [1.807, 2.05) is 37.3 Å². The van der Waals surface area contributed by atoms with Crippen molar-refractivity contribution in [3.05, 3.63) is 72.5 Å². The van der Waals surface area contributed by atoms with Crippen LogP contribution in [0.1, 0.15) is 117 Å². The van der Waals surface area contributed by atoms with E-state index >= 15 is 0 Å². The van der Waals surface area contributed by atoms with Gasteiger partial charge in [-0.05, 0) is 63.9 Å². The van der Waals surface area contributed by atoms with Crippen molar-refractivity contribution < 1.29 is 160 Å². The number of sulfone groups is 1. The number of aliphatic carboxylic acids is 9. The van der Waals surface area contributed by atoms with Crippen LogP contribution in [-0.4, -0.2) is 126 Å². The Hall–Kier alpha value is -4.62. The summed E-state index contributed by atoms with van der Waals surface area (Å²) in [7, 11) is -2.66. The Bertz CT molecular complexity index is 1960. The number of carboxylic acid groups (broad SMARTS) is 9. The Kier molecular flexibility index (Phi) is 46.8. The average Bonchev–Trinajstić information content (AvgIpc) is 3.76. The normalized spacial score (nSPS) is 23.4. The molecule has 76 heavy (non-hydrogen) atoms. The van der Waals surface area contributed by atoms with Gasteiger partial charge in [0, 0.05) is 6.04 Å². The standard InChI is InChI=1S/C8H11N.3C8H12O4.C8H10O4.C4H4O4.C4H6O2S.CH4.HI.K.H3N.H/c1-7(9)8-5-3-2-4-6-8;4*9-7(10)5-3-1-2-4-6(5)8(11)12;5-3-8-2-1-4(6)7;5-7(6)3-1-2-4-7;;;;;/h2-7H,9H2,1H3;3*5-6H,1-4H2,(H,9,10)(H,11,12);1-2,5-6H,3-4H2,(H,9,10)(H,11,12);1-3H,(H,6,7);1-2H,3-4H2;1H4;1H;;1H3;/q;;;;;;;;;+1;;-1/b;;;;;2-1+;;;;;;/t7-;4*5-,6-;;;;;;;/m01111......./s1. The van der Waals surface area contributed by atoms with Crippen molar-refractivity contribution in [3.63, 3.8) is 0 Å². The molecule has 3 saturated carbocycles. The molecule has 0 amide bonds. The summed E-state index contributed by atoms with van der Waals surface area (Å²) in [4.78, 5) is 104. The summed E-state index contributed by atoms with van der Waals surface area (Å²) in [6.45, 7) is 2.12. The number of carbonyl (C=O) groups excluding carboxylic acids is 1. The molecule has 4 aliphatic carbocycles. The van der Waals surface area contributed by atoms with Gasteiger partial charge in [-0.25, -0.2) is 13.2 Å². The number of allylic oxidation sites excluding steroid dienone is 2. The fourth-order valence-corrected chi connectivity index (χ4v) is 8.90. The maximum atomic E-state index is 10.6. The number of carboxylic acids is 9. The largest absolute Gasteiger partial charge is 1.00 e. The minimum atomic E-state index is -2.66. The fraction of sp³-hybridized carbons (Fsp3) is 0.551. The van der Waals surface area contributed by atoms with E-state index in [4.69, 9.17) is 51.7 Å². The summed E-state index contributed by atoms with van der Waals surface area (Å²) < 4.78 is 24.6. The number of ether oxygens (including phenoxy) is 1. The minimum absolute atomic E-state index is 0. The van der Waals surface area contributed by atoms with Gasteiger partial charge in [0.25, 0.3) is 6.47 Å². The van der Waals surface area contributed by atoms with Crippen molar-refractivity contribution in [2.45, 2.75) is 110 Å². The molecule has 3 fully saturated rings. The maximum Gasteiger partial charge on any atom is 1.00 e. The molecule has 1 aliphatic heterocycles. The predicted octanol–water partition coefficient (Wildman–Crippen LogP) is 3.59. The van der Waals surface area contributed by atoms with Gasteiger partial charge in [0.1, 0.15) is 6.26 Å². The SMILES string of the molecule is C.C[C@H](N)c1ccccc1.I.N.O=C(O)[C@@H]1CC=CC[C@H]1C(=O)O.O=C(O)[C@@H]1CCCC[C@H]1C(=O)O.O=C(O)[C@@H]1CCCC[C@H]1C(=O)O.O=C(O)[C@@H]1CCCC[C@H]1C(=O)O.O=CO/C=C/C(=O)O.O=S1(=O)CC=CC1.[H-].[K+]. The first-order valence-corrected chi connectivity index (χ1v) is 24.7. The molecular formula is C49H76IKN2O22S. The van der Waals surface area contributed by atoms with E-state index < -0.39 is 111 Å². The van der Waals surface area contributed by atoms with Gasteiger partial charge in [0.05, 0.1) is 64.9 Å². The molecule has 0 spiro atoms. The van der Waals surface area contributed by atoms with Gasteiger partial charge < -0.3 is 64.0 Å². The predicted molar refractivity (Wildman–Crippen MR) is 282 cm³/mol. The first-order valence-electron chi connectivity index (χ1n) is 22.9. The van der Waals surface area contributed by atoms with Crippen LogP contribution in [0, 0.1) is 47.3 Å². The molecule has 14 N–H and O–H groups in total. The first-order chi connectivity index (χ1) is 33.8. The van der Waals surface area contributed by atoms with Crippen molar-refractivity contribution in [2.24, 2.45) is 53.1 Å². The van der Waals surface area contributed by atoms with Crippen LogP contribution in [0.4, 0.5) is 0 Å². The van der Waals surface area contributed by atoms with E-state index in [9.17, 15) is 56.4 Å². The van der Waals surface area contributed by atoms with Crippen LogP contribution in [0.5, 0.6) is 0 Å². The van der Waals surface area contributed by atoms with Gasteiger partial charge in [0.2, 0.25) is 0 Å². The van der Waals surface area contributed by atoms with Gasteiger partial charge in [-0.2, -0.15) is 0 Å². The molecule has 0 aromatic heterocycles. The zero-order chi connectivity index (χ0) is 55.0. The molecule has 0 radical (unpaired) electrons. The maximum absolute atomic E-state index is 10.6. The Balaban J connectivity index is -0.000000190. The molecule has 0 saturated heterocycles. The van der Waals surface area contributed by atoms with Crippen LogP contribution in [0.25, 0.3) is 0 Å².